The fraction of sp³-hybridized carbons (Fsp3) is 0.345. The van der Waals surface area contributed by atoms with E-state index < -0.39 is 20.7 Å². The van der Waals surface area contributed by atoms with Gasteiger partial charge in [-0.05, 0) is 124 Å². The molecule has 10 rings (SSSR count). The molecule has 2 aliphatic heterocycles. The third-order valence-corrected chi connectivity index (χ3v) is 14.1. The van der Waals surface area contributed by atoms with Crippen LogP contribution in [0.3, 0.4) is 0 Å². The molecule has 0 spiro atoms. The number of anilines is 7. The van der Waals surface area contributed by atoms with E-state index in [4.69, 9.17) is 20.6 Å². The molecule has 8 aromatic rings. The minimum Gasteiger partial charge on any atom is -0.460 e. The van der Waals surface area contributed by atoms with Crippen molar-refractivity contribution in [3.05, 3.63) is 142 Å². The van der Waals surface area contributed by atoms with Crippen LogP contribution in [0, 0.1) is 10.1 Å². The molecule has 0 radical (unpaired) electrons. The number of carbonyl (C=O) groups excluding carboxylic acids is 2. The number of nitro benzene ring substituents is 1. The van der Waals surface area contributed by atoms with Crippen LogP contribution in [-0.2, 0) is 9.84 Å². The summed E-state index contributed by atoms with van der Waals surface area (Å²) in [4.78, 5) is 57.8. The van der Waals surface area contributed by atoms with Gasteiger partial charge >= 0.3 is 6.01 Å². The first-order valence-electron chi connectivity index (χ1n) is 26.1. The Balaban J connectivity index is 0.000000185. The highest BCUT2D eigenvalue weighted by atomic mass is 32.2. The van der Waals surface area contributed by atoms with E-state index in [1.54, 1.807) is 59.2 Å². The van der Waals surface area contributed by atoms with Crippen LogP contribution in [0.2, 0.25) is 0 Å². The van der Waals surface area contributed by atoms with Crippen LogP contribution in [0.25, 0.3) is 11.3 Å². The topological polar surface area (TPSA) is 308 Å². The minimum atomic E-state index is -3.70. The molecule has 6 heterocycles. The fourth-order valence-electron chi connectivity index (χ4n) is 8.58. The highest BCUT2D eigenvalue weighted by molar-refractivity contribution is 7.90. The van der Waals surface area contributed by atoms with Gasteiger partial charge in [0.25, 0.3) is 22.7 Å². The van der Waals surface area contributed by atoms with Crippen molar-refractivity contribution >= 4 is 79.0 Å². The van der Waals surface area contributed by atoms with Crippen molar-refractivity contribution < 1.29 is 32.8 Å². The first-order chi connectivity index (χ1) is 38.2. The highest BCUT2D eigenvalue weighted by Gasteiger charge is 2.24. The van der Waals surface area contributed by atoms with E-state index in [0.717, 1.165) is 74.9 Å². The zero-order valence-corrected chi connectivity index (χ0v) is 46.4. The molecule has 80 heavy (non-hydrogen) atoms. The summed E-state index contributed by atoms with van der Waals surface area (Å²) in [5.41, 5.74) is 12.2. The predicted molar refractivity (Wildman–Crippen MR) is 306 cm³/mol. The van der Waals surface area contributed by atoms with Gasteiger partial charge in [0, 0.05) is 95.3 Å². The first-order valence-corrected chi connectivity index (χ1v) is 28.0. The van der Waals surface area contributed by atoms with E-state index in [1.165, 1.54) is 28.8 Å². The first kappa shape index (κ1) is 57.5. The summed E-state index contributed by atoms with van der Waals surface area (Å²) in [5, 5.41) is 40.3. The lowest BCUT2D eigenvalue weighted by Crippen LogP contribution is -2.36. The number of carbonyl (C=O) groups is 2. The fourth-order valence-corrected chi connectivity index (χ4v) is 9.08. The maximum atomic E-state index is 12.7. The summed E-state index contributed by atoms with van der Waals surface area (Å²) in [6.07, 6.45) is 8.29. The SMILES string of the molecule is CC(C)c1cnn2c(Nc3cccc(NC(=O)c4ccc(N)cc4)c3)nc(OC3CCN(C)CC3)nc12.CC(C)c1cnn2c(Nc3cccc(NC(=O)c4ccc([N+](=O)[O-])cc4)c3)nc(S(C)(=O)=O)nc12.CN1CCC(O)CC1. The molecule has 2 fully saturated rings. The van der Waals surface area contributed by atoms with E-state index in [0.29, 0.717) is 51.6 Å². The quantitative estimate of drug-likeness (QED) is 0.0342. The van der Waals surface area contributed by atoms with Gasteiger partial charge in [0.05, 0.1) is 23.4 Å². The number of nitrogens with one attached hydrogen (secondary N) is 4. The molecule has 4 aromatic carbocycles. The number of non-ortho nitro benzene ring substituents is 1. The van der Waals surface area contributed by atoms with Crippen LogP contribution in [0.1, 0.15) is 97.1 Å². The van der Waals surface area contributed by atoms with E-state index in [-0.39, 0.29) is 52.3 Å². The van der Waals surface area contributed by atoms with E-state index in [2.05, 4.69) is 84.2 Å². The number of aliphatic hydroxyl groups is 1. The zero-order valence-electron chi connectivity index (χ0n) is 45.6. The molecule has 2 saturated heterocycles. The Hall–Kier alpha value is -8.65. The molecule has 24 nitrogen and oxygen atoms in total. The summed E-state index contributed by atoms with van der Waals surface area (Å²) in [6.45, 7) is 12.2. The average molecular weight is 1110 g/mol. The van der Waals surface area contributed by atoms with E-state index >= 15 is 0 Å². The van der Waals surface area contributed by atoms with E-state index in [9.17, 15) is 28.1 Å². The Morgan fingerprint density at radius 1 is 0.675 bits per heavy atom. The monoisotopic (exact) mass is 1110 g/mol. The molecule has 2 aliphatic rings. The maximum Gasteiger partial charge on any atom is 0.322 e. The van der Waals surface area contributed by atoms with Gasteiger partial charge in [-0.1, -0.05) is 39.8 Å². The molecular weight excluding hydrogens is 1040 g/mol. The smallest absolute Gasteiger partial charge is 0.322 e. The summed E-state index contributed by atoms with van der Waals surface area (Å²) in [6, 6.07) is 26.5. The number of nitrogen functional groups attached to an aromatic ring is 1. The third kappa shape index (κ3) is 14.9. The minimum absolute atomic E-state index is 0.0220. The van der Waals surface area contributed by atoms with Gasteiger partial charge in [-0.25, -0.2) is 8.42 Å². The Bertz CT molecular complexity index is 3570. The number of aromatic nitrogens is 8. The number of fused-ring (bicyclic) bond motifs is 2. The van der Waals surface area contributed by atoms with Crippen LogP contribution in [0.5, 0.6) is 6.01 Å². The van der Waals surface area contributed by atoms with Crippen LogP contribution >= 0.6 is 0 Å². The summed E-state index contributed by atoms with van der Waals surface area (Å²) < 4.78 is 33.7. The molecule has 7 N–H and O–H groups in total. The van der Waals surface area contributed by atoms with Crippen molar-refractivity contribution in [3.8, 4) is 6.01 Å². The molecule has 0 unspecified atom stereocenters. The number of hydrogen-bond acceptors (Lipinski definition) is 19. The van der Waals surface area contributed by atoms with Gasteiger partial charge in [0.15, 0.2) is 11.3 Å². The molecule has 4 aromatic heterocycles. The second-order valence-electron chi connectivity index (χ2n) is 20.3. The van der Waals surface area contributed by atoms with E-state index in [1.807, 2.05) is 44.3 Å². The summed E-state index contributed by atoms with van der Waals surface area (Å²) >= 11 is 0. The number of nitro groups is 1. The second kappa shape index (κ2) is 25.4. The van der Waals surface area contributed by atoms with Crippen LogP contribution in [-0.4, -0.2) is 138 Å². The summed E-state index contributed by atoms with van der Waals surface area (Å²) in [7, 11) is 0.513. The number of likely N-dealkylation sites (tertiary alicyclic amines) is 2. The number of rotatable bonds is 14. The number of nitrogens with zero attached hydrogens (tertiary/aromatic N) is 11. The lowest BCUT2D eigenvalue weighted by atomic mass is 10.1. The van der Waals surface area contributed by atoms with Crippen molar-refractivity contribution in [2.75, 3.05) is 73.5 Å². The van der Waals surface area contributed by atoms with Gasteiger partial charge in [0.2, 0.25) is 21.7 Å². The molecule has 0 aliphatic carbocycles. The average Bonchev–Trinajstić information content (AvgIpc) is 4.11. The number of ether oxygens (including phenoxy) is 1. The maximum absolute atomic E-state index is 12.7. The van der Waals surface area contributed by atoms with Gasteiger partial charge in [0.1, 0.15) is 6.10 Å². The van der Waals surface area contributed by atoms with Crippen LogP contribution in [0.4, 0.5) is 46.0 Å². The van der Waals surface area contributed by atoms with Crippen molar-refractivity contribution in [2.45, 2.75) is 82.6 Å². The van der Waals surface area contributed by atoms with Gasteiger partial charge < -0.3 is 46.6 Å². The van der Waals surface area contributed by atoms with Gasteiger partial charge in [-0.15, -0.1) is 0 Å². The van der Waals surface area contributed by atoms with Crippen LogP contribution < -0.4 is 31.7 Å². The molecule has 25 heteroatoms. The summed E-state index contributed by atoms with van der Waals surface area (Å²) in [5.74, 6) is 0.255. The Morgan fingerprint density at radius 2 is 1.12 bits per heavy atom. The number of piperidine rings is 2. The van der Waals surface area contributed by atoms with Gasteiger partial charge in [-0.2, -0.15) is 39.2 Å². The number of hydrogen-bond donors (Lipinski definition) is 6. The van der Waals surface area contributed by atoms with Crippen molar-refractivity contribution in [3.63, 3.8) is 0 Å². The molecule has 2 amide bonds. The lowest BCUT2D eigenvalue weighted by Gasteiger charge is -2.28. The van der Waals surface area contributed by atoms with Crippen molar-refractivity contribution in [1.82, 2.24) is 49.0 Å². The number of aliphatic hydroxyl groups excluding tert-OH is 1. The highest BCUT2D eigenvalue weighted by Crippen LogP contribution is 2.29. The number of sulfone groups is 1. The Kier molecular flexibility index (Phi) is 18.3. The van der Waals surface area contributed by atoms with Crippen molar-refractivity contribution in [1.29, 1.82) is 0 Å². The standard InChI is InChI=1S/C27H32N8O2.C22H21N7O5S.C6H13NO/c1-17(2)23-16-29-35-24(23)32-27(37-22-11-13-34(3)14-12-22)33-26(35)31-21-6-4-5-20(15-21)30-25(36)18-7-9-19(28)10-8-18;1-13(2)18-12-23-28-19(18)26-22(35(3,33)34)27-21(28)25-16-6-4-5-15(11-16)24-20(30)14-7-9-17(10-8-14)29(31)32;1-7-4-2-6(8)3-5-7/h4-10,15-17,22H,11-14,28H2,1-3H3,(H,30,36)(H,31,32,33);4-13H,1-3H3,(H,24,30)(H,25,26,27);6,8H,2-5H2,1H3. The molecular formula is C55H66N16O8S. The Labute approximate surface area is 462 Å². The normalized spacial score (nSPS) is 14.5. The lowest BCUT2D eigenvalue weighted by molar-refractivity contribution is -0.384. The molecule has 420 valence electrons. The second-order valence-corrected chi connectivity index (χ2v) is 22.2. The molecule has 0 saturated carbocycles. The predicted octanol–water partition coefficient (Wildman–Crippen LogP) is 7.93. The Morgan fingerprint density at radius 3 is 1.59 bits per heavy atom. The number of benzene rings is 4. The van der Waals surface area contributed by atoms with Gasteiger partial charge in [-0.3, -0.25) is 19.7 Å². The largest absolute Gasteiger partial charge is 0.460 e. The molecule has 0 bridgehead atoms. The number of amides is 2. The molecule has 0 atom stereocenters. The number of nitrogens with two attached hydrogens (primary N) is 1. The van der Waals surface area contributed by atoms with Crippen LogP contribution in [0.15, 0.2) is 115 Å². The third-order valence-electron chi connectivity index (χ3n) is 13.2. The van der Waals surface area contributed by atoms with Crippen molar-refractivity contribution in [2.24, 2.45) is 0 Å². The zero-order chi connectivity index (χ0) is 57.3.